The van der Waals surface area contributed by atoms with Gasteiger partial charge >= 0.3 is 0 Å². The van der Waals surface area contributed by atoms with Crippen molar-refractivity contribution < 1.29 is 4.74 Å². The molecule has 6 aromatic rings. The van der Waals surface area contributed by atoms with Gasteiger partial charge in [0, 0.05) is 33.6 Å². The zero-order chi connectivity index (χ0) is 37.0. The van der Waals surface area contributed by atoms with E-state index in [2.05, 4.69) is 157 Å². The smallest absolute Gasteiger partial charge is 0.217 e. The first-order chi connectivity index (χ1) is 25.2. The van der Waals surface area contributed by atoms with Crippen molar-refractivity contribution in [3.05, 3.63) is 125 Å². The zero-order valence-electron chi connectivity index (χ0n) is 32.8. The third-order valence-corrected chi connectivity index (χ3v) is 12.4. The number of anilines is 3. The summed E-state index contributed by atoms with van der Waals surface area (Å²) in [6.07, 6.45) is 6.53. The van der Waals surface area contributed by atoms with Crippen molar-refractivity contribution in [3.8, 4) is 5.82 Å². The van der Waals surface area contributed by atoms with Crippen LogP contribution in [-0.4, -0.2) is 27.1 Å². The van der Waals surface area contributed by atoms with Crippen molar-refractivity contribution in [2.45, 2.75) is 116 Å². The Bertz CT molecular complexity index is 2480. The van der Waals surface area contributed by atoms with Crippen LogP contribution in [0.25, 0.3) is 27.6 Å². The Labute approximate surface area is 314 Å². The molecule has 53 heavy (non-hydrogen) atoms. The number of rotatable bonds is 4. The predicted octanol–water partition coefficient (Wildman–Crippen LogP) is 12.5. The number of hydrogen-bond donors (Lipinski definition) is 0. The number of nitrogens with zero attached hydrogens (tertiary/aromatic N) is 4. The van der Waals surface area contributed by atoms with Gasteiger partial charge < -0.3 is 9.64 Å². The summed E-state index contributed by atoms with van der Waals surface area (Å²) in [5, 5.41) is 2.50. The van der Waals surface area contributed by atoms with E-state index in [1.807, 2.05) is 6.20 Å². The largest absolute Gasteiger partial charge is 0.469 e. The maximum atomic E-state index is 6.81. The Kier molecular flexibility index (Phi) is 7.55. The highest BCUT2D eigenvalue weighted by atomic mass is 16.5. The molecule has 1 saturated carbocycles. The molecule has 1 aliphatic carbocycles. The number of hydrogen-bond acceptors (Lipinski definition) is 4. The molecule has 4 aromatic carbocycles. The highest BCUT2D eigenvalue weighted by Gasteiger charge is 2.45. The molecule has 2 aliphatic heterocycles. The molecule has 270 valence electrons. The lowest BCUT2D eigenvalue weighted by Gasteiger charge is -2.42. The molecule has 0 amide bonds. The maximum absolute atomic E-state index is 6.81. The topological polar surface area (TPSA) is 42.7 Å². The van der Waals surface area contributed by atoms with Crippen LogP contribution in [0.1, 0.15) is 120 Å². The molecule has 0 saturated heterocycles. The van der Waals surface area contributed by atoms with Gasteiger partial charge in [0.15, 0.2) is 0 Å². The molecule has 1 fully saturated rings. The van der Waals surface area contributed by atoms with Gasteiger partial charge in [-0.3, -0.25) is 4.57 Å². The molecule has 2 atom stereocenters. The van der Waals surface area contributed by atoms with E-state index in [-0.39, 0.29) is 22.5 Å². The Balaban J connectivity index is 1.32. The van der Waals surface area contributed by atoms with E-state index in [1.54, 1.807) is 0 Å². The number of para-hydroxylation sites is 1. The Hall–Kier alpha value is -4.90. The Morgan fingerprint density at radius 1 is 0.811 bits per heavy atom. The molecule has 4 heterocycles. The second-order valence-corrected chi connectivity index (χ2v) is 18.0. The second kappa shape index (κ2) is 11.8. The lowest BCUT2D eigenvalue weighted by Crippen LogP contribution is -2.39. The summed E-state index contributed by atoms with van der Waals surface area (Å²) in [7, 11) is 0. The Morgan fingerprint density at radius 3 is 2.38 bits per heavy atom. The number of aryl methyl sites for hydroxylation is 1. The summed E-state index contributed by atoms with van der Waals surface area (Å²) in [6.45, 7) is 20.6. The number of ether oxygens (including phenoxy) is 1. The highest BCUT2D eigenvalue weighted by Crippen LogP contribution is 2.54. The highest BCUT2D eigenvalue weighted by molar-refractivity contribution is 6.11. The van der Waals surface area contributed by atoms with Crippen LogP contribution >= 0.6 is 0 Å². The first-order valence-corrected chi connectivity index (χ1v) is 19.6. The molecule has 3 aliphatic rings. The normalized spacial score (nSPS) is 20.7. The molecule has 2 aromatic heterocycles. The molecule has 0 bridgehead atoms. The first-order valence-electron chi connectivity index (χ1n) is 19.6. The number of aliphatic imine (C=N–C) groups is 1. The summed E-state index contributed by atoms with van der Waals surface area (Å²) in [5.74, 6) is 2.07. The van der Waals surface area contributed by atoms with Crippen molar-refractivity contribution in [2.24, 2.45) is 4.99 Å². The van der Waals surface area contributed by atoms with Gasteiger partial charge in [-0.1, -0.05) is 84.7 Å². The lowest BCUT2D eigenvalue weighted by molar-refractivity contribution is 0.0447. The van der Waals surface area contributed by atoms with E-state index in [9.17, 15) is 0 Å². The summed E-state index contributed by atoms with van der Waals surface area (Å²) >= 11 is 0. The molecular formula is C48H52N4O. The molecule has 5 nitrogen and oxygen atoms in total. The van der Waals surface area contributed by atoms with E-state index in [0.29, 0.717) is 5.92 Å². The fraction of sp³-hybridized carbons (Fsp3) is 0.375. The van der Waals surface area contributed by atoms with Crippen molar-refractivity contribution in [1.29, 1.82) is 0 Å². The van der Waals surface area contributed by atoms with Crippen LogP contribution in [0.5, 0.6) is 0 Å². The molecule has 0 spiro atoms. The van der Waals surface area contributed by atoms with E-state index >= 15 is 0 Å². The number of aromatic nitrogens is 2. The van der Waals surface area contributed by atoms with E-state index in [4.69, 9.17) is 14.7 Å². The second-order valence-electron chi connectivity index (χ2n) is 18.0. The average molecular weight is 701 g/mol. The summed E-state index contributed by atoms with van der Waals surface area (Å²) < 4.78 is 9.19. The minimum absolute atomic E-state index is 0.00158. The van der Waals surface area contributed by atoms with Gasteiger partial charge in [0.2, 0.25) is 5.90 Å². The summed E-state index contributed by atoms with van der Waals surface area (Å²) in [4.78, 5) is 12.8. The van der Waals surface area contributed by atoms with Gasteiger partial charge in [0.25, 0.3) is 0 Å². The maximum Gasteiger partial charge on any atom is 0.217 e. The first kappa shape index (κ1) is 33.9. The fourth-order valence-electron chi connectivity index (χ4n) is 9.21. The van der Waals surface area contributed by atoms with Gasteiger partial charge in [-0.25, -0.2) is 9.98 Å². The van der Waals surface area contributed by atoms with Crippen LogP contribution < -0.4 is 4.90 Å². The van der Waals surface area contributed by atoms with Crippen LogP contribution in [0.15, 0.2) is 96.1 Å². The molecular weight excluding hydrogens is 649 g/mol. The summed E-state index contributed by atoms with van der Waals surface area (Å²) in [5.41, 5.74) is 12.9. The quantitative estimate of drug-likeness (QED) is 0.184. The van der Waals surface area contributed by atoms with E-state index in [0.717, 1.165) is 41.3 Å². The molecule has 0 unspecified atom stereocenters. The van der Waals surface area contributed by atoms with Gasteiger partial charge in [0.1, 0.15) is 11.4 Å². The van der Waals surface area contributed by atoms with Crippen molar-refractivity contribution >= 4 is 44.8 Å². The monoisotopic (exact) mass is 700 g/mol. The van der Waals surface area contributed by atoms with Gasteiger partial charge in [-0.2, -0.15) is 0 Å². The van der Waals surface area contributed by atoms with Crippen LogP contribution in [0, 0.1) is 6.92 Å². The number of benzene rings is 4. The number of pyridine rings is 1. The van der Waals surface area contributed by atoms with Gasteiger partial charge in [0.05, 0.1) is 28.5 Å². The predicted molar refractivity (Wildman–Crippen MR) is 221 cm³/mol. The minimum atomic E-state index is -0.235. The molecule has 0 N–H and O–H groups in total. The standard InChI is InChI=1S/C48H52N4O/c1-29(2)31-23-32(45-50-43-16-12-13-20-48(43,9)53-45)25-34(24-31)51-40-15-11-10-14-37(40)47(7,8)38-27-36-35-22-30(3)17-18-39(35)52(41(36)28-42(38)51)44-26-33(19-21-49-44)46(4,5)6/h10-11,14-15,17-19,21-29,43H,12-13,16,20H2,1-9H3/t43-,48-/m0/s1. The van der Waals surface area contributed by atoms with Crippen LogP contribution in [-0.2, 0) is 15.6 Å². The molecule has 5 heteroatoms. The van der Waals surface area contributed by atoms with Crippen molar-refractivity contribution in [1.82, 2.24) is 9.55 Å². The lowest BCUT2D eigenvalue weighted by atomic mass is 9.73. The average Bonchev–Trinajstić information content (AvgIpc) is 3.65. The fourth-order valence-corrected chi connectivity index (χ4v) is 9.21. The van der Waals surface area contributed by atoms with Crippen LogP contribution in [0.2, 0.25) is 0 Å². The third-order valence-electron chi connectivity index (χ3n) is 12.4. The van der Waals surface area contributed by atoms with Crippen molar-refractivity contribution in [2.75, 3.05) is 4.90 Å². The molecule has 0 radical (unpaired) electrons. The van der Waals surface area contributed by atoms with Gasteiger partial charge in [-0.15, -0.1) is 0 Å². The number of fused-ring (bicyclic) bond motifs is 6. The summed E-state index contributed by atoms with van der Waals surface area (Å²) in [6, 6.07) is 32.4. The van der Waals surface area contributed by atoms with E-state index < -0.39 is 0 Å². The Morgan fingerprint density at radius 2 is 1.60 bits per heavy atom. The van der Waals surface area contributed by atoms with Crippen molar-refractivity contribution in [3.63, 3.8) is 0 Å². The zero-order valence-corrected chi connectivity index (χ0v) is 32.8. The van der Waals surface area contributed by atoms with Gasteiger partial charge in [-0.05, 0) is 127 Å². The third kappa shape index (κ3) is 5.33. The van der Waals surface area contributed by atoms with E-state index in [1.165, 1.54) is 68.3 Å². The minimum Gasteiger partial charge on any atom is -0.469 e. The van der Waals surface area contributed by atoms with Crippen LogP contribution in [0.3, 0.4) is 0 Å². The SMILES string of the molecule is Cc1ccc2c(c1)c1cc3c(cc1n2-c1cc(C(C)(C)C)ccn1)N(c1cc(C2=N[C@H]4CCCC[C@]4(C)O2)cc(C(C)C)c1)c1ccccc1C3(C)C. The molecule has 9 rings (SSSR count). The van der Waals surface area contributed by atoms with Crippen LogP contribution in [0.4, 0.5) is 17.1 Å².